The fourth-order valence-corrected chi connectivity index (χ4v) is 2.76. The van der Waals surface area contributed by atoms with Crippen LogP contribution in [0.1, 0.15) is 18.9 Å². The van der Waals surface area contributed by atoms with E-state index < -0.39 is 0 Å². The van der Waals surface area contributed by atoms with Crippen molar-refractivity contribution in [2.45, 2.75) is 26.4 Å². The first-order valence-electron chi connectivity index (χ1n) is 8.43. The van der Waals surface area contributed by atoms with E-state index in [1.165, 1.54) is 16.8 Å². The van der Waals surface area contributed by atoms with E-state index in [2.05, 4.69) is 10.3 Å². The molecule has 7 heteroatoms. The SMILES string of the molecule is CCN(Cc1cccc(F)c1)C(=O)CCn1nnc2ccccc2c1=O. The van der Waals surface area contributed by atoms with Gasteiger partial charge in [-0.3, -0.25) is 9.59 Å². The Hall–Kier alpha value is -3.09. The summed E-state index contributed by atoms with van der Waals surface area (Å²) in [7, 11) is 0. The van der Waals surface area contributed by atoms with Crippen molar-refractivity contribution in [3.05, 3.63) is 70.3 Å². The second-order valence-corrected chi connectivity index (χ2v) is 5.92. The Bertz CT molecular complexity index is 986. The predicted octanol–water partition coefficient (Wildman–Crippen LogP) is 2.37. The molecular formula is C19H19FN4O2. The molecule has 3 aromatic rings. The van der Waals surface area contributed by atoms with Crippen LogP contribution >= 0.6 is 0 Å². The maximum absolute atomic E-state index is 13.3. The topological polar surface area (TPSA) is 68.1 Å². The van der Waals surface area contributed by atoms with Gasteiger partial charge in [-0.1, -0.05) is 29.5 Å². The number of benzene rings is 2. The molecule has 1 aromatic heterocycles. The molecule has 0 bridgehead atoms. The van der Waals surface area contributed by atoms with Gasteiger partial charge in [-0.05, 0) is 36.8 Å². The number of nitrogens with zero attached hydrogens (tertiary/aromatic N) is 4. The van der Waals surface area contributed by atoms with Gasteiger partial charge in [0.1, 0.15) is 11.3 Å². The lowest BCUT2D eigenvalue weighted by Crippen LogP contribution is -2.33. The highest BCUT2D eigenvalue weighted by molar-refractivity contribution is 5.77. The van der Waals surface area contributed by atoms with Gasteiger partial charge in [0.05, 0.1) is 11.9 Å². The molecule has 0 N–H and O–H groups in total. The van der Waals surface area contributed by atoms with Gasteiger partial charge in [-0.2, -0.15) is 0 Å². The second kappa shape index (κ2) is 7.86. The molecule has 0 saturated carbocycles. The van der Waals surface area contributed by atoms with Crippen molar-refractivity contribution in [2.24, 2.45) is 0 Å². The fourth-order valence-electron chi connectivity index (χ4n) is 2.76. The number of carbonyl (C=O) groups excluding carboxylic acids is 1. The van der Waals surface area contributed by atoms with Gasteiger partial charge in [0.2, 0.25) is 5.91 Å². The van der Waals surface area contributed by atoms with E-state index in [1.54, 1.807) is 41.3 Å². The van der Waals surface area contributed by atoms with Gasteiger partial charge < -0.3 is 4.90 Å². The number of halogens is 1. The summed E-state index contributed by atoms with van der Waals surface area (Å²) in [5.41, 5.74) is 0.987. The summed E-state index contributed by atoms with van der Waals surface area (Å²) >= 11 is 0. The first-order chi connectivity index (χ1) is 12.6. The number of fused-ring (bicyclic) bond motifs is 1. The van der Waals surface area contributed by atoms with Crippen LogP contribution in [-0.4, -0.2) is 32.3 Å². The summed E-state index contributed by atoms with van der Waals surface area (Å²) in [6.45, 7) is 2.83. The smallest absolute Gasteiger partial charge is 0.277 e. The molecule has 0 fully saturated rings. The fraction of sp³-hybridized carbons (Fsp3) is 0.263. The van der Waals surface area contributed by atoms with Crippen LogP contribution in [0, 0.1) is 5.82 Å². The maximum Gasteiger partial charge on any atom is 0.277 e. The zero-order valence-corrected chi connectivity index (χ0v) is 14.4. The molecule has 2 aromatic carbocycles. The normalized spacial score (nSPS) is 10.8. The van der Waals surface area contributed by atoms with Gasteiger partial charge >= 0.3 is 0 Å². The highest BCUT2D eigenvalue weighted by Crippen LogP contribution is 2.09. The summed E-state index contributed by atoms with van der Waals surface area (Å²) in [6.07, 6.45) is 0.121. The summed E-state index contributed by atoms with van der Waals surface area (Å²) in [5, 5.41) is 8.38. The zero-order valence-electron chi connectivity index (χ0n) is 14.4. The van der Waals surface area contributed by atoms with Crippen LogP contribution in [0.2, 0.25) is 0 Å². The maximum atomic E-state index is 13.3. The highest BCUT2D eigenvalue weighted by Gasteiger charge is 2.14. The third-order valence-electron chi connectivity index (χ3n) is 4.16. The van der Waals surface area contributed by atoms with Crippen molar-refractivity contribution in [3.8, 4) is 0 Å². The number of amides is 1. The molecule has 0 radical (unpaired) electrons. The lowest BCUT2D eigenvalue weighted by molar-refractivity contribution is -0.131. The van der Waals surface area contributed by atoms with Crippen molar-refractivity contribution in [3.63, 3.8) is 0 Å². The molecule has 26 heavy (non-hydrogen) atoms. The van der Waals surface area contributed by atoms with E-state index in [0.29, 0.717) is 24.0 Å². The lowest BCUT2D eigenvalue weighted by atomic mass is 10.2. The van der Waals surface area contributed by atoms with Crippen molar-refractivity contribution in [1.82, 2.24) is 19.9 Å². The van der Waals surface area contributed by atoms with Crippen molar-refractivity contribution >= 4 is 16.8 Å². The third-order valence-corrected chi connectivity index (χ3v) is 4.16. The van der Waals surface area contributed by atoms with Crippen molar-refractivity contribution in [2.75, 3.05) is 6.54 Å². The molecule has 0 aliphatic carbocycles. The summed E-state index contributed by atoms with van der Waals surface area (Å²) in [6, 6.07) is 13.1. The molecule has 1 amide bonds. The van der Waals surface area contributed by atoms with Crippen LogP contribution in [0.15, 0.2) is 53.3 Å². The van der Waals surface area contributed by atoms with E-state index in [-0.39, 0.29) is 30.2 Å². The molecule has 0 spiro atoms. The summed E-state index contributed by atoms with van der Waals surface area (Å²) in [5.74, 6) is -0.456. The number of hydrogen-bond donors (Lipinski definition) is 0. The Kier molecular flexibility index (Phi) is 5.36. The monoisotopic (exact) mass is 354 g/mol. The number of rotatable bonds is 6. The number of hydrogen-bond acceptors (Lipinski definition) is 4. The minimum atomic E-state index is -0.330. The van der Waals surface area contributed by atoms with E-state index in [0.717, 1.165) is 5.56 Å². The van der Waals surface area contributed by atoms with Gasteiger partial charge in [0.25, 0.3) is 5.56 Å². The first-order valence-corrected chi connectivity index (χ1v) is 8.43. The quantitative estimate of drug-likeness (QED) is 0.682. The number of carbonyl (C=O) groups is 1. The standard InChI is InChI=1S/C19H19FN4O2/c1-2-23(13-14-6-5-7-15(20)12-14)18(25)10-11-24-19(26)16-8-3-4-9-17(16)21-22-24/h3-9,12H,2,10-11,13H2,1H3. The zero-order chi connectivity index (χ0) is 18.5. The van der Waals surface area contributed by atoms with Crippen molar-refractivity contribution in [1.29, 1.82) is 0 Å². The van der Waals surface area contributed by atoms with Crippen molar-refractivity contribution < 1.29 is 9.18 Å². The van der Waals surface area contributed by atoms with E-state index in [1.807, 2.05) is 6.92 Å². The van der Waals surface area contributed by atoms with E-state index in [9.17, 15) is 14.0 Å². The molecule has 0 unspecified atom stereocenters. The molecule has 0 aliphatic heterocycles. The summed E-state index contributed by atoms with van der Waals surface area (Å²) in [4.78, 5) is 26.5. The molecule has 0 aliphatic rings. The molecule has 1 heterocycles. The van der Waals surface area contributed by atoms with Gasteiger partial charge in [-0.15, -0.1) is 5.10 Å². The van der Waals surface area contributed by atoms with Crippen LogP contribution in [0.25, 0.3) is 10.9 Å². The van der Waals surface area contributed by atoms with Crippen LogP contribution < -0.4 is 5.56 Å². The van der Waals surface area contributed by atoms with Gasteiger partial charge in [0.15, 0.2) is 0 Å². The predicted molar refractivity (Wildman–Crippen MR) is 95.9 cm³/mol. The lowest BCUT2D eigenvalue weighted by Gasteiger charge is -2.21. The molecule has 3 rings (SSSR count). The second-order valence-electron chi connectivity index (χ2n) is 5.92. The molecule has 0 saturated heterocycles. The number of aryl methyl sites for hydroxylation is 1. The first kappa shape index (κ1) is 17.7. The van der Waals surface area contributed by atoms with E-state index >= 15 is 0 Å². The Morgan fingerprint density at radius 3 is 2.77 bits per heavy atom. The highest BCUT2D eigenvalue weighted by atomic mass is 19.1. The van der Waals surface area contributed by atoms with Gasteiger partial charge in [0, 0.05) is 19.5 Å². The van der Waals surface area contributed by atoms with Crippen LogP contribution in [0.4, 0.5) is 4.39 Å². The Morgan fingerprint density at radius 1 is 1.19 bits per heavy atom. The molecule has 134 valence electrons. The molecule has 6 nitrogen and oxygen atoms in total. The molecular weight excluding hydrogens is 335 g/mol. The minimum Gasteiger partial charge on any atom is -0.339 e. The van der Waals surface area contributed by atoms with Crippen LogP contribution in [-0.2, 0) is 17.9 Å². The van der Waals surface area contributed by atoms with Crippen LogP contribution in [0.3, 0.4) is 0 Å². The minimum absolute atomic E-state index is 0.121. The molecule has 0 atom stereocenters. The van der Waals surface area contributed by atoms with Gasteiger partial charge in [-0.25, -0.2) is 9.07 Å². The largest absolute Gasteiger partial charge is 0.339 e. The average molecular weight is 354 g/mol. The Balaban J connectivity index is 1.69. The Morgan fingerprint density at radius 2 is 2.00 bits per heavy atom. The average Bonchev–Trinajstić information content (AvgIpc) is 2.65. The van der Waals surface area contributed by atoms with E-state index in [4.69, 9.17) is 0 Å². The third kappa shape index (κ3) is 3.93. The van der Waals surface area contributed by atoms with Crippen LogP contribution in [0.5, 0.6) is 0 Å². The Labute approximate surface area is 149 Å². The summed E-state index contributed by atoms with van der Waals surface area (Å²) < 4.78 is 14.5. The number of aromatic nitrogens is 3.